The quantitative estimate of drug-likeness (QED) is 0.0456. The SMILES string of the molecule is C[C@@H]1CC(=O)[C@@H](N(C)C(=O)[C@H](CCCCN)CC(=O)c2ccc(-c3ccc(Cl)cc3)cc2)c2ccc(O)c(c2)-c2cc(ccc2O)C[C@@H](C(=O)C[C@@H](C)C(=O)C(=O)C[C@@H]2CCCC2=O)NC1=O. The van der Waals surface area contributed by atoms with Gasteiger partial charge in [-0.05, 0) is 97.3 Å². The lowest BCUT2D eigenvalue weighted by Gasteiger charge is -2.32. The van der Waals surface area contributed by atoms with Gasteiger partial charge in [0.2, 0.25) is 17.6 Å². The Morgan fingerprint density at radius 1 is 0.821 bits per heavy atom. The Kier molecular flexibility index (Phi) is 16.8. The Balaban J connectivity index is 1.28. The standard InChI is InChI=1S/C53H58ClN3O10/c1-30(51(65)49(64)28-36-8-6-9-43(36)58)23-47(62)42-26-32-10-20-44(59)40(25-32)41-27-37(17-21-45(41)60)50(48(63)24-31(2)52(66)56-42)57(3)53(67)38(7-4-5-22-55)29-46(61)35-13-11-33(12-14-35)34-15-18-39(54)19-16-34/h10-21,25,27,30-31,36,38,42,50,59-60H,4-9,22-24,26,28-29,55H2,1-3H3,(H,56,66)/t30-,31-,36+,38-,42+,50+/m1/s1. The Labute approximate surface area is 395 Å². The number of halogens is 1. The number of unbranched alkanes of at least 4 members (excludes halogenated alkanes) is 1. The van der Waals surface area contributed by atoms with Crippen molar-refractivity contribution in [2.75, 3.05) is 13.6 Å². The number of rotatable bonds is 17. The van der Waals surface area contributed by atoms with Gasteiger partial charge in [0.15, 0.2) is 23.1 Å². The number of carbonyl (C=O) groups excluding carboxylic acids is 8. The molecular weight excluding hydrogens is 874 g/mol. The van der Waals surface area contributed by atoms with Crippen LogP contribution in [0.3, 0.4) is 0 Å². The highest BCUT2D eigenvalue weighted by atomic mass is 35.5. The molecule has 1 aliphatic heterocycles. The molecule has 14 heteroatoms. The third-order valence-corrected chi connectivity index (χ3v) is 13.3. The molecule has 1 saturated carbocycles. The summed E-state index contributed by atoms with van der Waals surface area (Å²) in [5, 5.41) is 25.7. The van der Waals surface area contributed by atoms with E-state index in [0.717, 1.165) is 11.1 Å². The van der Waals surface area contributed by atoms with E-state index < -0.39 is 77.1 Å². The number of likely N-dealkylation sites (N-methyl/N-ethyl adjacent to an activating group) is 1. The van der Waals surface area contributed by atoms with E-state index in [1.165, 1.54) is 50.1 Å². The van der Waals surface area contributed by atoms with Crippen LogP contribution >= 0.6 is 11.6 Å². The van der Waals surface area contributed by atoms with Crippen molar-refractivity contribution in [2.45, 2.75) is 96.6 Å². The number of ketones is 6. The Morgan fingerprint density at radius 2 is 1.46 bits per heavy atom. The van der Waals surface area contributed by atoms with E-state index in [9.17, 15) is 48.6 Å². The molecule has 352 valence electrons. The van der Waals surface area contributed by atoms with E-state index in [4.69, 9.17) is 17.3 Å². The van der Waals surface area contributed by atoms with Gasteiger partial charge in [0.1, 0.15) is 23.3 Å². The lowest BCUT2D eigenvalue weighted by molar-refractivity contribution is -0.142. The summed E-state index contributed by atoms with van der Waals surface area (Å²) in [6, 6.07) is 20.6. The maximum absolute atomic E-state index is 14.7. The first-order chi connectivity index (χ1) is 31.9. The fourth-order valence-electron chi connectivity index (χ4n) is 9.13. The van der Waals surface area contributed by atoms with Crippen LogP contribution in [0.2, 0.25) is 5.02 Å². The number of hydrogen-bond donors (Lipinski definition) is 4. The number of benzene rings is 4. The molecule has 2 amide bonds. The van der Waals surface area contributed by atoms with Crippen molar-refractivity contribution < 1.29 is 48.6 Å². The molecule has 1 fully saturated rings. The minimum atomic E-state index is -1.32. The first-order valence-corrected chi connectivity index (χ1v) is 23.3. The monoisotopic (exact) mass is 931 g/mol. The molecule has 4 aromatic rings. The molecule has 0 spiro atoms. The van der Waals surface area contributed by atoms with E-state index >= 15 is 0 Å². The van der Waals surface area contributed by atoms with Crippen LogP contribution in [-0.2, 0) is 40.0 Å². The third-order valence-electron chi connectivity index (χ3n) is 13.1. The van der Waals surface area contributed by atoms with Gasteiger partial charge in [-0.25, -0.2) is 0 Å². The Bertz CT molecular complexity index is 2540. The summed E-state index contributed by atoms with van der Waals surface area (Å²) in [7, 11) is 1.46. The van der Waals surface area contributed by atoms with Crippen LogP contribution in [0.25, 0.3) is 22.3 Å². The predicted octanol–water partition coefficient (Wildman–Crippen LogP) is 7.73. The van der Waals surface area contributed by atoms with Gasteiger partial charge in [-0.15, -0.1) is 0 Å². The second-order valence-corrected chi connectivity index (χ2v) is 18.6. The van der Waals surface area contributed by atoms with Crippen molar-refractivity contribution in [1.29, 1.82) is 0 Å². The maximum Gasteiger partial charge on any atom is 0.226 e. The van der Waals surface area contributed by atoms with Gasteiger partial charge in [-0.1, -0.05) is 80.4 Å². The van der Waals surface area contributed by atoms with Crippen LogP contribution in [0.5, 0.6) is 11.5 Å². The van der Waals surface area contributed by atoms with Gasteiger partial charge in [-0.3, -0.25) is 38.4 Å². The minimum absolute atomic E-state index is 0.0546. The summed E-state index contributed by atoms with van der Waals surface area (Å²) in [6.07, 6.45) is 1.73. The summed E-state index contributed by atoms with van der Waals surface area (Å²) in [4.78, 5) is 111. The van der Waals surface area contributed by atoms with Crippen LogP contribution in [0.15, 0.2) is 84.9 Å². The van der Waals surface area contributed by atoms with Gasteiger partial charge in [-0.2, -0.15) is 0 Å². The Hall–Kier alpha value is -6.31. The first-order valence-electron chi connectivity index (χ1n) is 22.9. The largest absolute Gasteiger partial charge is 0.507 e. The molecule has 4 aromatic carbocycles. The van der Waals surface area contributed by atoms with Crippen LogP contribution in [0.4, 0.5) is 0 Å². The van der Waals surface area contributed by atoms with Crippen molar-refractivity contribution in [3.8, 4) is 33.8 Å². The molecule has 0 aromatic heterocycles. The van der Waals surface area contributed by atoms with Gasteiger partial charge in [0.05, 0.1) is 6.04 Å². The highest BCUT2D eigenvalue weighted by molar-refractivity contribution is 6.38. The number of hydrogen-bond acceptors (Lipinski definition) is 11. The van der Waals surface area contributed by atoms with E-state index in [2.05, 4.69) is 5.32 Å². The highest BCUT2D eigenvalue weighted by Gasteiger charge is 2.37. The minimum Gasteiger partial charge on any atom is -0.507 e. The zero-order valence-corrected chi connectivity index (χ0v) is 38.9. The van der Waals surface area contributed by atoms with Crippen LogP contribution < -0.4 is 11.1 Å². The number of nitrogens with one attached hydrogen (secondary N) is 1. The molecule has 6 rings (SSSR count). The van der Waals surface area contributed by atoms with Gasteiger partial charge in [0.25, 0.3) is 0 Å². The van der Waals surface area contributed by atoms with Crippen LogP contribution in [0, 0.1) is 23.7 Å². The molecule has 13 nitrogen and oxygen atoms in total. The lowest BCUT2D eigenvalue weighted by Crippen LogP contribution is -2.46. The first kappa shape index (κ1) is 50.1. The van der Waals surface area contributed by atoms with E-state index in [1.54, 1.807) is 36.4 Å². The van der Waals surface area contributed by atoms with Crippen molar-refractivity contribution in [3.63, 3.8) is 0 Å². The number of carbonyl (C=O) groups is 8. The van der Waals surface area contributed by atoms with E-state index in [0.29, 0.717) is 61.2 Å². The number of aromatic hydroxyl groups is 2. The van der Waals surface area contributed by atoms with E-state index in [-0.39, 0.29) is 65.4 Å². The molecule has 5 N–H and O–H groups in total. The van der Waals surface area contributed by atoms with Crippen LogP contribution in [0.1, 0.15) is 106 Å². The molecule has 2 aliphatic rings. The third kappa shape index (κ3) is 12.4. The predicted molar refractivity (Wildman–Crippen MR) is 253 cm³/mol. The number of amides is 2. The van der Waals surface area contributed by atoms with Gasteiger partial charge in [0, 0.05) is 84.5 Å². The molecular formula is C53H58ClN3O10. The topological polar surface area (TPSA) is 218 Å². The summed E-state index contributed by atoms with van der Waals surface area (Å²) in [5.41, 5.74) is 9.03. The number of nitrogens with two attached hydrogens (primary N) is 1. The molecule has 67 heavy (non-hydrogen) atoms. The number of phenolic OH excluding ortho intramolecular Hbond substituents is 2. The summed E-state index contributed by atoms with van der Waals surface area (Å²) in [5.74, 6) is -8.00. The van der Waals surface area contributed by atoms with Crippen molar-refractivity contribution in [2.24, 2.45) is 29.4 Å². The average molecular weight is 933 g/mol. The number of phenols is 2. The zero-order valence-electron chi connectivity index (χ0n) is 38.1. The number of nitrogens with zero attached hydrogens (tertiary/aromatic N) is 1. The molecule has 0 unspecified atom stereocenters. The van der Waals surface area contributed by atoms with Crippen molar-refractivity contribution >= 4 is 58.1 Å². The molecule has 4 bridgehead atoms. The fraction of sp³-hybridized carbons (Fsp3) is 0.396. The van der Waals surface area contributed by atoms with Crippen molar-refractivity contribution in [3.05, 3.63) is 107 Å². The molecule has 0 radical (unpaired) electrons. The van der Waals surface area contributed by atoms with Gasteiger partial charge >= 0.3 is 0 Å². The normalized spacial score (nSPS) is 19.4. The second kappa shape index (κ2) is 22.5. The average Bonchev–Trinajstić information content (AvgIpc) is 3.72. The summed E-state index contributed by atoms with van der Waals surface area (Å²) < 4.78 is 0. The van der Waals surface area contributed by atoms with Gasteiger partial charge < -0.3 is 26.2 Å². The maximum atomic E-state index is 14.7. The molecule has 0 saturated heterocycles. The van der Waals surface area contributed by atoms with Crippen molar-refractivity contribution in [1.82, 2.24) is 10.2 Å². The molecule has 1 heterocycles. The van der Waals surface area contributed by atoms with Crippen LogP contribution in [-0.4, -0.2) is 81.3 Å². The smallest absolute Gasteiger partial charge is 0.226 e. The summed E-state index contributed by atoms with van der Waals surface area (Å²) in [6.45, 7) is 3.34. The summed E-state index contributed by atoms with van der Waals surface area (Å²) >= 11 is 6.06. The molecule has 6 atom stereocenters. The van der Waals surface area contributed by atoms with E-state index in [1.807, 2.05) is 24.3 Å². The number of Topliss-reactive ketones (excluding diaryl/α,β-unsaturated/α-hetero) is 6. The zero-order chi connectivity index (χ0) is 48.5. The lowest BCUT2D eigenvalue weighted by atomic mass is 9.87. The number of fused-ring (bicyclic) bond motifs is 5. The Morgan fingerprint density at radius 3 is 2.10 bits per heavy atom. The highest BCUT2D eigenvalue weighted by Crippen LogP contribution is 2.40. The molecule has 1 aliphatic carbocycles. The fourth-order valence-corrected chi connectivity index (χ4v) is 9.25. The second-order valence-electron chi connectivity index (χ2n) is 18.1.